The standard InChI is InChI=1S/C14H12N2/c1-10-5-14(9-16-8-10)12-3-4-13(7-15)11(2)6-12/h3-6,8-9H,1-2H3. The maximum absolute atomic E-state index is 8.86. The maximum Gasteiger partial charge on any atom is 0.0994 e. The monoisotopic (exact) mass is 208 g/mol. The second-order valence-electron chi connectivity index (χ2n) is 3.89. The van der Waals surface area contributed by atoms with Gasteiger partial charge in [0.05, 0.1) is 11.6 Å². The molecule has 78 valence electrons. The fourth-order valence-electron chi connectivity index (χ4n) is 1.68. The van der Waals surface area contributed by atoms with Crippen LogP contribution >= 0.6 is 0 Å². The number of hydrogen-bond donors (Lipinski definition) is 0. The fraction of sp³-hybridized carbons (Fsp3) is 0.143. The Labute approximate surface area is 95.2 Å². The minimum Gasteiger partial charge on any atom is -0.264 e. The molecule has 1 heterocycles. The first kappa shape index (κ1) is 10.4. The molecule has 2 aromatic rings. The van der Waals surface area contributed by atoms with Crippen molar-refractivity contribution in [3.05, 3.63) is 53.3 Å². The Hall–Kier alpha value is -2.14. The molecule has 0 aliphatic rings. The number of nitriles is 1. The summed E-state index contributed by atoms with van der Waals surface area (Å²) in [5.41, 5.74) is 5.06. The summed E-state index contributed by atoms with van der Waals surface area (Å²) < 4.78 is 0. The summed E-state index contributed by atoms with van der Waals surface area (Å²) in [5, 5.41) is 8.86. The van der Waals surface area contributed by atoms with Crippen LogP contribution in [0.3, 0.4) is 0 Å². The highest BCUT2D eigenvalue weighted by Crippen LogP contribution is 2.21. The molecule has 0 aliphatic heterocycles. The molecule has 0 atom stereocenters. The van der Waals surface area contributed by atoms with E-state index in [2.05, 4.69) is 17.1 Å². The molecule has 1 aromatic heterocycles. The Bertz CT molecular complexity index is 565. The third-order valence-electron chi connectivity index (χ3n) is 2.56. The summed E-state index contributed by atoms with van der Waals surface area (Å²) in [5.74, 6) is 0. The van der Waals surface area contributed by atoms with Crippen molar-refractivity contribution in [2.75, 3.05) is 0 Å². The summed E-state index contributed by atoms with van der Waals surface area (Å²) in [6, 6.07) is 10.1. The minimum atomic E-state index is 0.726. The van der Waals surface area contributed by atoms with Crippen molar-refractivity contribution < 1.29 is 0 Å². The number of nitrogens with zero attached hydrogens (tertiary/aromatic N) is 2. The number of aromatic nitrogens is 1. The summed E-state index contributed by atoms with van der Waals surface area (Å²) >= 11 is 0. The molecule has 2 rings (SSSR count). The van der Waals surface area contributed by atoms with E-state index in [1.807, 2.05) is 44.4 Å². The van der Waals surface area contributed by atoms with Crippen molar-refractivity contribution in [1.29, 1.82) is 5.26 Å². The van der Waals surface area contributed by atoms with Gasteiger partial charge in [0.1, 0.15) is 0 Å². The van der Waals surface area contributed by atoms with Gasteiger partial charge in [0, 0.05) is 18.0 Å². The van der Waals surface area contributed by atoms with Gasteiger partial charge in [-0.15, -0.1) is 0 Å². The van der Waals surface area contributed by atoms with E-state index in [0.29, 0.717) is 0 Å². The molecule has 0 fully saturated rings. The van der Waals surface area contributed by atoms with Gasteiger partial charge in [-0.1, -0.05) is 12.1 Å². The first-order valence-electron chi connectivity index (χ1n) is 5.13. The van der Waals surface area contributed by atoms with Crippen LogP contribution in [0.4, 0.5) is 0 Å². The zero-order valence-corrected chi connectivity index (χ0v) is 9.36. The normalized spacial score (nSPS) is 9.81. The van der Waals surface area contributed by atoms with Gasteiger partial charge in [0.2, 0.25) is 0 Å². The van der Waals surface area contributed by atoms with Gasteiger partial charge >= 0.3 is 0 Å². The Balaban J connectivity index is 2.50. The largest absolute Gasteiger partial charge is 0.264 e. The van der Waals surface area contributed by atoms with Crippen LogP contribution in [-0.2, 0) is 0 Å². The SMILES string of the molecule is Cc1cncc(-c2ccc(C#N)c(C)c2)c1. The summed E-state index contributed by atoms with van der Waals surface area (Å²) in [6.45, 7) is 3.97. The summed E-state index contributed by atoms with van der Waals surface area (Å²) in [4.78, 5) is 4.17. The molecule has 0 aliphatic carbocycles. The van der Waals surface area contributed by atoms with Gasteiger partial charge in [-0.2, -0.15) is 5.26 Å². The van der Waals surface area contributed by atoms with E-state index in [-0.39, 0.29) is 0 Å². The highest BCUT2D eigenvalue weighted by atomic mass is 14.6. The smallest absolute Gasteiger partial charge is 0.0994 e. The molecule has 0 unspecified atom stereocenters. The van der Waals surface area contributed by atoms with Crippen LogP contribution in [0.5, 0.6) is 0 Å². The Morgan fingerprint density at radius 3 is 2.50 bits per heavy atom. The van der Waals surface area contributed by atoms with Gasteiger partial charge in [-0.25, -0.2) is 0 Å². The molecule has 0 amide bonds. The number of hydrogen-bond acceptors (Lipinski definition) is 2. The number of rotatable bonds is 1. The summed E-state index contributed by atoms with van der Waals surface area (Å²) in [7, 11) is 0. The molecule has 1 aromatic carbocycles. The fourth-order valence-corrected chi connectivity index (χ4v) is 1.68. The molecule has 16 heavy (non-hydrogen) atoms. The number of aryl methyl sites for hydroxylation is 2. The number of pyridine rings is 1. The van der Waals surface area contributed by atoms with E-state index in [1.54, 1.807) is 0 Å². The molecule has 0 radical (unpaired) electrons. The maximum atomic E-state index is 8.86. The zero-order chi connectivity index (χ0) is 11.5. The van der Waals surface area contributed by atoms with E-state index in [9.17, 15) is 0 Å². The van der Waals surface area contributed by atoms with Crippen molar-refractivity contribution in [3.63, 3.8) is 0 Å². The van der Waals surface area contributed by atoms with Crippen molar-refractivity contribution in [3.8, 4) is 17.2 Å². The predicted molar refractivity (Wildman–Crippen MR) is 63.9 cm³/mol. The van der Waals surface area contributed by atoms with Crippen LogP contribution in [-0.4, -0.2) is 4.98 Å². The van der Waals surface area contributed by atoms with Crippen LogP contribution in [0.1, 0.15) is 16.7 Å². The van der Waals surface area contributed by atoms with E-state index < -0.39 is 0 Å². The third kappa shape index (κ3) is 1.94. The molecule has 0 N–H and O–H groups in total. The van der Waals surface area contributed by atoms with Gasteiger partial charge < -0.3 is 0 Å². The quantitative estimate of drug-likeness (QED) is 0.721. The lowest BCUT2D eigenvalue weighted by Gasteiger charge is -2.04. The predicted octanol–water partition coefficient (Wildman–Crippen LogP) is 3.24. The minimum absolute atomic E-state index is 0.726. The lowest BCUT2D eigenvalue weighted by Crippen LogP contribution is -1.86. The lowest BCUT2D eigenvalue weighted by molar-refractivity contribution is 1.27. The van der Waals surface area contributed by atoms with Gasteiger partial charge in [0.25, 0.3) is 0 Å². The zero-order valence-electron chi connectivity index (χ0n) is 9.36. The van der Waals surface area contributed by atoms with E-state index in [4.69, 9.17) is 5.26 Å². The molecule has 0 bridgehead atoms. The molecule has 0 spiro atoms. The first-order valence-corrected chi connectivity index (χ1v) is 5.13. The lowest BCUT2D eigenvalue weighted by atomic mass is 10.0. The van der Waals surface area contributed by atoms with Crippen molar-refractivity contribution in [2.24, 2.45) is 0 Å². The van der Waals surface area contributed by atoms with Crippen LogP contribution < -0.4 is 0 Å². The van der Waals surface area contributed by atoms with Crippen LogP contribution in [0.25, 0.3) is 11.1 Å². The van der Waals surface area contributed by atoms with Crippen molar-refractivity contribution in [1.82, 2.24) is 4.98 Å². The molecule has 0 saturated carbocycles. The Kier molecular flexibility index (Phi) is 2.70. The van der Waals surface area contributed by atoms with Crippen molar-refractivity contribution in [2.45, 2.75) is 13.8 Å². The highest BCUT2D eigenvalue weighted by molar-refractivity contribution is 5.65. The molecule has 0 saturated heterocycles. The average Bonchev–Trinajstić information content (AvgIpc) is 2.29. The third-order valence-corrected chi connectivity index (χ3v) is 2.56. The van der Waals surface area contributed by atoms with Gasteiger partial charge in [-0.05, 0) is 42.7 Å². The van der Waals surface area contributed by atoms with Crippen LogP contribution in [0, 0.1) is 25.2 Å². The average molecular weight is 208 g/mol. The van der Waals surface area contributed by atoms with E-state index in [0.717, 1.165) is 27.8 Å². The Morgan fingerprint density at radius 2 is 1.88 bits per heavy atom. The van der Waals surface area contributed by atoms with Gasteiger partial charge in [-0.3, -0.25) is 4.98 Å². The second-order valence-corrected chi connectivity index (χ2v) is 3.89. The topological polar surface area (TPSA) is 36.7 Å². The van der Waals surface area contributed by atoms with Crippen LogP contribution in [0.2, 0.25) is 0 Å². The van der Waals surface area contributed by atoms with E-state index in [1.165, 1.54) is 0 Å². The molecule has 2 nitrogen and oxygen atoms in total. The molecular weight excluding hydrogens is 196 g/mol. The molecular formula is C14H12N2. The molecule has 2 heteroatoms. The highest BCUT2D eigenvalue weighted by Gasteiger charge is 2.02. The Morgan fingerprint density at radius 1 is 1.06 bits per heavy atom. The summed E-state index contributed by atoms with van der Waals surface area (Å²) in [6.07, 6.45) is 3.67. The van der Waals surface area contributed by atoms with Crippen LogP contribution in [0.15, 0.2) is 36.7 Å². The number of benzene rings is 1. The van der Waals surface area contributed by atoms with E-state index >= 15 is 0 Å². The second kappa shape index (κ2) is 4.16. The van der Waals surface area contributed by atoms with Gasteiger partial charge in [0.15, 0.2) is 0 Å². The first-order chi connectivity index (χ1) is 7.70. The van der Waals surface area contributed by atoms with Crippen molar-refractivity contribution >= 4 is 0 Å².